The molecule has 3 rings (SSSR count). The van der Waals surface area contributed by atoms with E-state index in [0.29, 0.717) is 38.5 Å². The molecule has 0 aromatic heterocycles. The Kier molecular flexibility index (Phi) is 7.50. The molecule has 0 bridgehead atoms. The van der Waals surface area contributed by atoms with Crippen molar-refractivity contribution < 1.29 is 17.6 Å². The van der Waals surface area contributed by atoms with E-state index in [1.165, 1.54) is 4.31 Å². The number of hydrogen-bond donors (Lipinski definition) is 2. The predicted octanol–water partition coefficient (Wildman–Crippen LogP) is 2.10. The number of halogens is 1. The number of nitrogens with zero attached hydrogens (tertiary/aromatic N) is 1. The molecule has 6 nitrogen and oxygen atoms in total. The van der Waals surface area contributed by atoms with Gasteiger partial charge >= 0.3 is 0 Å². The molecule has 1 unspecified atom stereocenters. The number of alkyl halides is 1. The fourth-order valence-corrected chi connectivity index (χ4v) is 6.93. The highest BCUT2D eigenvalue weighted by Crippen LogP contribution is 2.32. The Morgan fingerprint density at radius 1 is 1.00 bits per heavy atom. The molecule has 3 aliphatic rings. The first-order chi connectivity index (χ1) is 13.0. The molecule has 0 aromatic carbocycles. The zero-order valence-corrected chi connectivity index (χ0v) is 17.0. The molecule has 1 heterocycles. The first-order valence-electron chi connectivity index (χ1n) is 10.6. The van der Waals surface area contributed by atoms with Crippen LogP contribution in [0, 0.1) is 0 Å². The Labute approximate surface area is 162 Å². The predicted molar refractivity (Wildman–Crippen MR) is 104 cm³/mol. The minimum atomic E-state index is -3.54. The number of carbonyl (C=O) groups excluding carboxylic acids is 1. The van der Waals surface area contributed by atoms with Gasteiger partial charge in [-0.05, 0) is 57.9 Å². The third kappa shape index (κ3) is 5.64. The average Bonchev–Trinajstić information content (AvgIpc) is 2.68. The van der Waals surface area contributed by atoms with Crippen molar-refractivity contribution in [2.75, 3.05) is 19.6 Å². The molecule has 156 valence electrons. The third-order valence-electron chi connectivity index (χ3n) is 6.30. The zero-order valence-electron chi connectivity index (χ0n) is 16.2. The summed E-state index contributed by atoms with van der Waals surface area (Å²) in [4.78, 5) is 12.6. The van der Waals surface area contributed by atoms with Crippen LogP contribution in [0.5, 0.6) is 0 Å². The van der Waals surface area contributed by atoms with E-state index in [-0.39, 0.29) is 24.5 Å². The number of piperidine rings is 1. The summed E-state index contributed by atoms with van der Waals surface area (Å²) in [7, 11) is -3.54. The van der Waals surface area contributed by atoms with Crippen LogP contribution in [0.3, 0.4) is 0 Å². The largest absolute Gasteiger partial charge is 0.351 e. The van der Waals surface area contributed by atoms with Gasteiger partial charge in [-0.15, -0.1) is 0 Å². The van der Waals surface area contributed by atoms with Gasteiger partial charge < -0.3 is 10.6 Å². The lowest BCUT2D eigenvalue weighted by Crippen LogP contribution is -2.53. The first-order valence-corrected chi connectivity index (χ1v) is 12.1. The molecule has 0 aromatic rings. The van der Waals surface area contributed by atoms with Gasteiger partial charge in [-0.1, -0.05) is 19.3 Å². The molecule has 8 heteroatoms. The highest BCUT2D eigenvalue weighted by molar-refractivity contribution is 7.89. The quantitative estimate of drug-likeness (QED) is 0.712. The van der Waals surface area contributed by atoms with E-state index >= 15 is 0 Å². The van der Waals surface area contributed by atoms with Gasteiger partial charge in [0.2, 0.25) is 15.9 Å². The van der Waals surface area contributed by atoms with Gasteiger partial charge in [0.15, 0.2) is 0 Å². The van der Waals surface area contributed by atoms with E-state index in [2.05, 4.69) is 10.6 Å². The van der Waals surface area contributed by atoms with Crippen LogP contribution >= 0.6 is 0 Å². The van der Waals surface area contributed by atoms with Crippen molar-refractivity contribution in [2.24, 2.45) is 0 Å². The summed E-state index contributed by atoms with van der Waals surface area (Å²) in [6, 6.07) is -0.189. The molecule has 1 aliphatic heterocycles. The summed E-state index contributed by atoms with van der Waals surface area (Å²) < 4.78 is 41.7. The van der Waals surface area contributed by atoms with Crippen LogP contribution < -0.4 is 10.6 Å². The van der Waals surface area contributed by atoms with Gasteiger partial charge in [-0.3, -0.25) is 4.79 Å². The van der Waals surface area contributed by atoms with Crippen molar-refractivity contribution in [1.82, 2.24) is 14.9 Å². The minimum absolute atomic E-state index is 0.0621. The number of rotatable bonds is 6. The van der Waals surface area contributed by atoms with E-state index in [9.17, 15) is 17.6 Å². The molecule has 1 saturated heterocycles. The molecular formula is C19H34FN3O3S. The van der Waals surface area contributed by atoms with Crippen molar-refractivity contribution in [3.63, 3.8) is 0 Å². The van der Waals surface area contributed by atoms with E-state index in [0.717, 1.165) is 45.2 Å². The Morgan fingerprint density at radius 2 is 1.70 bits per heavy atom. The third-order valence-corrected chi connectivity index (χ3v) is 8.69. The second-order valence-corrected chi connectivity index (χ2v) is 10.5. The molecule has 3 fully saturated rings. The van der Waals surface area contributed by atoms with E-state index < -0.39 is 21.4 Å². The Balaban J connectivity index is 1.69. The summed E-state index contributed by atoms with van der Waals surface area (Å²) >= 11 is 0. The van der Waals surface area contributed by atoms with E-state index in [4.69, 9.17) is 0 Å². The molecule has 1 amide bonds. The Hall–Kier alpha value is -0.730. The molecular weight excluding hydrogens is 369 g/mol. The molecule has 0 radical (unpaired) electrons. The van der Waals surface area contributed by atoms with Gasteiger partial charge in [-0.25, -0.2) is 12.8 Å². The standard InChI is InChI=1S/C19H34FN3O3S/c20-15-8-10-17(11-9-15)23(27(25,26)18-6-2-1-3-7-18)14-19(24)22-16-5-4-12-21-13-16/h15-18,21H,1-14H2,(H,22,24). The lowest BCUT2D eigenvalue weighted by Gasteiger charge is -2.37. The van der Waals surface area contributed by atoms with Gasteiger partial charge in [0.05, 0.1) is 11.8 Å². The maximum atomic E-state index is 13.6. The summed E-state index contributed by atoms with van der Waals surface area (Å²) in [6.07, 6.45) is 7.13. The SMILES string of the molecule is O=C(CN(C1CCC(F)CC1)S(=O)(=O)C1CCCCC1)NC1CCCNC1. The van der Waals surface area contributed by atoms with Crippen LogP contribution in [0.25, 0.3) is 0 Å². The number of amides is 1. The van der Waals surface area contributed by atoms with Crippen molar-refractivity contribution >= 4 is 15.9 Å². The molecule has 0 spiro atoms. The molecule has 1 atom stereocenters. The second kappa shape index (κ2) is 9.65. The van der Waals surface area contributed by atoms with Crippen LogP contribution in [-0.2, 0) is 14.8 Å². The fourth-order valence-electron chi connectivity index (χ4n) is 4.69. The summed E-state index contributed by atoms with van der Waals surface area (Å²) in [5, 5.41) is 5.86. The number of sulfonamides is 1. The maximum Gasteiger partial charge on any atom is 0.235 e. The summed E-state index contributed by atoms with van der Waals surface area (Å²) in [5.74, 6) is -0.231. The van der Waals surface area contributed by atoms with Crippen LogP contribution in [0.2, 0.25) is 0 Å². The van der Waals surface area contributed by atoms with Gasteiger partial charge in [-0.2, -0.15) is 4.31 Å². The van der Waals surface area contributed by atoms with E-state index in [1.807, 2.05) is 0 Å². The summed E-state index contributed by atoms with van der Waals surface area (Å²) in [5.41, 5.74) is 0. The Morgan fingerprint density at radius 3 is 2.33 bits per heavy atom. The first kappa shape index (κ1) is 21.0. The fraction of sp³-hybridized carbons (Fsp3) is 0.947. The number of nitrogens with one attached hydrogen (secondary N) is 2. The van der Waals surface area contributed by atoms with Crippen LogP contribution in [0.15, 0.2) is 0 Å². The molecule has 2 N–H and O–H groups in total. The zero-order chi connectivity index (χ0) is 19.3. The summed E-state index contributed by atoms with van der Waals surface area (Å²) in [6.45, 7) is 1.56. The van der Waals surface area contributed by atoms with Gasteiger partial charge in [0, 0.05) is 18.6 Å². The maximum absolute atomic E-state index is 13.6. The second-order valence-electron chi connectivity index (χ2n) is 8.37. The molecule has 2 aliphatic carbocycles. The van der Waals surface area contributed by atoms with Crippen molar-refractivity contribution in [3.8, 4) is 0 Å². The molecule has 27 heavy (non-hydrogen) atoms. The average molecular weight is 404 g/mol. The lowest BCUT2D eigenvalue weighted by atomic mass is 9.94. The van der Waals surface area contributed by atoms with Crippen LogP contribution in [0.4, 0.5) is 4.39 Å². The minimum Gasteiger partial charge on any atom is -0.351 e. The highest BCUT2D eigenvalue weighted by atomic mass is 32.2. The number of hydrogen-bond acceptors (Lipinski definition) is 4. The highest BCUT2D eigenvalue weighted by Gasteiger charge is 2.39. The van der Waals surface area contributed by atoms with Crippen molar-refractivity contribution in [2.45, 2.75) is 94.1 Å². The van der Waals surface area contributed by atoms with Crippen LogP contribution in [-0.4, -0.2) is 61.8 Å². The van der Waals surface area contributed by atoms with E-state index in [1.54, 1.807) is 0 Å². The van der Waals surface area contributed by atoms with Gasteiger partial charge in [0.25, 0.3) is 0 Å². The topological polar surface area (TPSA) is 78.5 Å². The lowest BCUT2D eigenvalue weighted by molar-refractivity contribution is -0.122. The van der Waals surface area contributed by atoms with Crippen molar-refractivity contribution in [1.29, 1.82) is 0 Å². The van der Waals surface area contributed by atoms with Gasteiger partial charge in [0.1, 0.15) is 6.17 Å². The monoisotopic (exact) mass is 403 g/mol. The number of carbonyl (C=O) groups is 1. The molecule has 2 saturated carbocycles. The smallest absolute Gasteiger partial charge is 0.235 e. The Bertz CT molecular complexity index is 581. The normalized spacial score (nSPS) is 31.0. The van der Waals surface area contributed by atoms with Crippen LogP contribution in [0.1, 0.15) is 70.6 Å². The van der Waals surface area contributed by atoms with Crippen molar-refractivity contribution in [3.05, 3.63) is 0 Å².